The maximum absolute atomic E-state index is 11.2. The number of aliphatic imine (C=N–C) groups is 1. The van der Waals surface area contributed by atoms with Crippen LogP contribution in [0.25, 0.3) is 0 Å². The average Bonchev–Trinajstić information content (AvgIpc) is 2.35. The highest BCUT2D eigenvalue weighted by Gasteiger charge is 2.06. The van der Waals surface area contributed by atoms with Crippen LogP contribution in [-0.4, -0.2) is 24.4 Å². The fourth-order valence-corrected chi connectivity index (χ4v) is 1.77. The fraction of sp³-hybridized carbons (Fsp3) is 0.385. The lowest BCUT2D eigenvalue weighted by atomic mass is 10.3. The second kappa shape index (κ2) is 8.58. The van der Waals surface area contributed by atoms with Gasteiger partial charge in [0, 0.05) is 5.70 Å². The first kappa shape index (κ1) is 14.6. The lowest BCUT2D eigenvalue weighted by Gasteiger charge is -2.07. The minimum Gasteiger partial charge on any atom is -0.463 e. The van der Waals surface area contributed by atoms with Crippen LogP contribution in [0, 0.1) is 0 Å². The van der Waals surface area contributed by atoms with Gasteiger partial charge in [-0.3, -0.25) is 0 Å². The number of nitrogens with zero attached hydrogens (tertiary/aromatic N) is 1. The Morgan fingerprint density at radius 2 is 2.33 bits per heavy atom. The van der Waals surface area contributed by atoms with Crippen LogP contribution < -0.4 is 0 Å². The van der Waals surface area contributed by atoms with Crippen LogP contribution in [-0.2, 0) is 14.3 Å². The van der Waals surface area contributed by atoms with Crippen LogP contribution in [0.4, 0.5) is 0 Å². The van der Waals surface area contributed by atoms with Crippen LogP contribution in [0.1, 0.15) is 20.3 Å². The quantitative estimate of drug-likeness (QED) is 0.737. The van der Waals surface area contributed by atoms with Crippen molar-refractivity contribution in [3.05, 3.63) is 35.4 Å². The van der Waals surface area contributed by atoms with E-state index in [1.807, 2.05) is 36.6 Å². The summed E-state index contributed by atoms with van der Waals surface area (Å²) in [7, 11) is 0. The normalized spacial score (nSPS) is 20.3. The summed E-state index contributed by atoms with van der Waals surface area (Å²) in [6.07, 6.45) is 8.75. The molecule has 98 valence electrons. The highest BCUT2D eigenvalue weighted by molar-refractivity contribution is 8.16. The molecule has 0 atom stereocenters. The van der Waals surface area contributed by atoms with Gasteiger partial charge in [-0.25, -0.2) is 9.79 Å². The molecule has 0 fully saturated rings. The van der Waals surface area contributed by atoms with Gasteiger partial charge in [-0.05, 0) is 43.5 Å². The van der Waals surface area contributed by atoms with E-state index in [4.69, 9.17) is 9.47 Å². The molecule has 1 aliphatic heterocycles. The van der Waals surface area contributed by atoms with Gasteiger partial charge in [-0.1, -0.05) is 18.2 Å². The monoisotopic (exact) mass is 267 g/mol. The molecule has 0 aromatic rings. The van der Waals surface area contributed by atoms with E-state index in [0.717, 1.165) is 12.1 Å². The Morgan fingerprint density at radius 3 is 3.11 bits per heavy atom. The largest absolute Gasteiger partial charge is 0.463 e. The minimum absolute atomic E-state index is 0.114. The number of hydrogen-bond acceptors (Lipinski definition) is 5. The van der Waals surface area contributed by atoms with Crippen molar-refractivity contribution in [1.29, 1.82) is 0 Å². The van der Waals surface area contributed by atoms with Gasteiger partial charge in [0.25, 0.3) is 5.23 Å². The predicted molar refractivity (Wildman–Crippen MR) is 74.3 cm³/mol. The third-order valence-corrected chi connectivity index (χ3v) is 2.64. The van der Waals surface area contributed by atoms with Gasteiger partial charge in [0.1, 0.15) is 0 Å². The van der Waals surface area contributed by atoms with Crippen molar-refractivity contribution in [3.63, 3.8) is 0 Å². The van der Waals surface area contributed by atoms with Crippen molar-refractivity contribution < 1.29 is 14.3 Å². The molecule has 0 radical (unpaired) electrons. The topological polar surface area (TPSA) is 47.9 Å². The zero-order valence-corrected chi connectivity index (χ0v) is 11.4. The van der Waals surface area contributed by atoms with E-state index in [-0.39, 0.29) is 12.6 Å². The van der Waals surface area contributed by atoms with Crippen molar-refractivity contribution in [3.8, 4) is 0 Å². The van der Waals surface area contributed by atoms with E-state index in [1.54, 1.807) is 6.92 Å². The second-order valence-corrected chi connectivity index (χ2v) is 4.29. The Kier molecular flexibility index (Phi) is 6.94. The van der Waals surface area contributed by atoms with E-state index in [9.17, 15) is 4.79 Å². The van der Waals surface area contributed by atoms with Gasteiger partial charge >= 0.3 is 5.97 Å². The smallest absolute Gasteiger partial charge is 0.344 e. The summed E-state index contributed by atoms with van der Waals surface area (Å²) in [4.78, 5) is 15.5. The molecule has 1 rings (SSSR count). The van der Waals surface area contributed by atoms with Crippen LogP contribution in [0.3, 0.4) is 0 Å². The third kappa shape index (κ3) is 6.30. The highest BCUT2D eigenvalue weighted by Crippen LogP contribution is 2.13. The Hall–Kier alpha value is -1.49. The summed E-state index contributed by atoms with van der Waals surface area (Å²) in [5, 5.41) is 2.34. The van der Waals surface area contributed by atoms with Gasteiger partial charge in [0.2, 0.25) is 0 Å². The number of ether oxygens (including phenoxy) is 2. The van der Waals surface area contributed by atoms with Crippen LogP contribution in [0.2, 0.25) is 0 Å². The number of esters is 1. The lowest BCUT2D eigenvalue weighted by Crippen LogP contribution is -2.14. The van der Waals surface area contributed by atoms with Gasteiger partial charge < -0.3 is 9.47 Å². The van der Waals surface area contributed by atoms with Crippen LogP contribution in [0.15, 0.2) is 40.4 Å². The van der Waals surface area contributed by atoms with E-state index < -0.39 is 0 Å². The zero-order chi connectivity index (χ0) is 13.2. The van der Waals surface area contributed by atoms with Gasteiger partial charge in [0.05, 0.1) is 6.61 Å². The summed E-state index contributed by atoms with van der Waals surface area (Å²) in [5.41, 5.74) is 0.827. The number of thioether (sulfide) groups is 1. The molecule has 0 aliphatic carbocycles. The predicted octanol–water partition coefficient (Wildman–Crippen LogP) is 3.03. The molecule has 0 amide bonds. The summed E-state index contributed by atoms with van der Waals surface area (Å²) in [6.45, 7) is 3.88. The van der Waals surface area contributed by atoms with Gasteiger partial charge in [0.15, 0.2) is 6.61 Å². The molecule has 4 nitrogen and oxygen atoms in total. The van der Waals surface area contributed by atoms with E-state index in [1.165, 1.54) is 11.8 Å². The molecular formula is C13H17NO3S. The summed E-state index contributed by atoms with van der Waals surface area (Å²) < 4.78 is 10.1. The van der Waals surface area contributed by atoms with Crippen molar-refractivity contribution >= 4 is 23.0 Å². The molecule has 18 heavy (non-hydrogen) atoms. The Bertz CT molecular complexity index is 397. The Morgan fingerprint density at radius 1 is 1.50 bits per heavy atom. The minimum atomic E-state index is -0.386. The van der Waals surface area contributed by atoms with Gasteiger partial charge in [-0.2, -0.15) is 0 Å². The molecule has 0 N–H and O–H groups in total. The highest BCUT2D eigenvalue weighted by atomic mass is 32.2. The Labute approximate surface area is 111 Å². The molecule has 1 heterocycles. The van der Waals surface area contributed by atoms with E-state index >= 15 is 0 Å². The second-order valence-electron chi connectivity index (χ2n) is 3.43. The van der Waals surface area contributed by atoms with Crippen LogP contribution in [0.5, 0.6) is 0 Å². The number of allylic oxidation sites excluding steroid dienone is 5. The van der Waals surface area contributed by atoms with Crippen molar-refractivity contribution in [1.82, 2.24) is 0 Å². The first-order valence-electron chi connectivity index (χ1n) is 5.74. The maximum Gasteiger partial charge on any atom is 0.344 e. The molecule has 5 heteroatoms. The third-order valence-electron chi connectivity index (χ3n) is 1.90. The number of carbonyl (C=O) groups is 1. The number of hydrogen-bond donors (Lipinski definition) is 0. The summed E-state index contributed by atoms with van der Waals surface area (Å²) >= 11 is 1.35. The lowest BCUT2D eigenvalue weighted by molar-refractivity contribution is -0.145. The van der Waals surface area contributed by atoms with E-state index in [2.05, 4.69) is 4.99 Å². The molecule has 0 aromatic heterocycles. The summed E-state index contributed by atoms with van der Waals surface area (Å²) in [5.74, 6) is -0.386. The number of rotatable bonds is 3. The van der Waals surface area contributed by atoms with Crippen LogP contribution >= 0.6 is 11.8 Å². The van der Waals surface area contributed by atoms with Crippen molar-refractivity contribution in [2.75, 3.05) is 13.2 Å². The average molecular weight is 267 g/mol. The molecule has 0 spiro atoms. The molecule has 0 saturated heterocycles. The Balaban J connectivity index is 2.61. The van der Waals surface area contributed by atoms with Gasteiger partial charge in [-0.15, -0.1) is 0 Å². The SMILES string of the molecule is CCOC(=O)COC1=N/C(C)=C/C=CC/C=C/S1. The molecule has 0 unspecified atom stereocenters. The molecular weight excluding hydrogens is 250 g/mol. The molecule has 0 bridgehead atoms. The molecule has 0 aromatic carbocycles. The first-order valence-corrected chi connectivity index (χ1v) is 6.62. The standard InChI is InChI=1S/C13H17NO3S/c1-3-16-12(15)10-17-13-14-11(2)8-6-4-5-7-9-18-13/h4,6-9H,3,5,10H2,1-2H3/b6-4?,9-7+,11-8+,14-13?. The first-order chi connectivity index (χ1) is 8.72. The van der Waals surface area contributed by atoms with Crippen molar-refractivity contribution in [2.24, 2.45) is 4.99 Å². The van der Waals surface area contributed by atoms with E-state index in [0.29, 0.717) is 11.8 Å². The summed E-state index contributed by atoms with van der Waals surface area (Å²) in [6, 6.07) is 0. The zero-order valence-electron chi connectivity index (χ0n) is 10.6. The fourth-order valence-electron chi connectivity index (χ4n) is 1.12. The van der Waals surface area contributed by atoms with Crippen molar-refractivity contribution in [2.45, 2.75) is 20.3 Å². The number of carbonyl (C=O) groups excluding carboxylic acids is 1. The molecule has 1 aliphatic rings. The maximum atomic E-state index is 11.2. The molecule has 0 saturated carbocycles.